The van der Waals surface area contributed by atoms with Gasteiger partial charge in [-0.3, -0.25) is 4.79 Å². The summed E-state index contributed by atoms with van der Waals surface area (Å²) in [5.41, 5.74) is -0.884. The van der Waals surface area contributed by atoms with Gasteiger partial charge in [0.2, 0.25) is 5.91 Å². The third kappa shape index (κ3) is 2.31. The number of nitriles is 1. The maximum atomic E-state index is 12.1. The van der Waals surface area contributed by atoms with E-state index in [0.29, 0.717) is 24.4 Å². The van der Waals surface area contributed by atoms with Crippen LogP contribution >= 0.6 is 0 Å². The molecule has 1 amide bonds. The van der Waals surface area contributed by atoms with Gasteiger partial charge in [0.25, 0.3) is 0 Å². The topological polar surface area (TPSA) is 78.9 Å². The average molecular weight is 233 g/mol. The fourth-order valence-corrected chi connectivity index (χ4v) is 2.21. The number of amides is 1. The van der Waals surface area contributed by atoms with Gasteiger partial charge in [-0.2, -0.15) is 5.26 Å². The highest BCUT2D eigenvalue weighted by atomic mass is 16.5. The first-order chi connectivity index (χ1) is 8.16. The molecular formula is C12H15N3O2. The Morgan fingerprint density at radius 2 is 2.24 bits per heavy atom. The first kappa shape index (κ1) is 11.6. The Balaban J connectivity index is 2.10. The summed E-state index contributed by atoms with van der Waals surface area (Å²) in [6, 6.07) is 3.82. The minimum atomic E-state index is -0.884. The van der Waals surface area contributed by atoms with Gasteiger partial charge in [0, 0.05) is 6.07 Å². The lowest BCUT2D eigenvalue weighted by atomic mass is 9.74. The summed E-state index contributed by atoms with van der Waals surface area (Å²) in [6.45, 7) is 1.75. The summed E-state index contributed by atoms with van der Waals surface area (Å²) < 4.78 is 4.87. The third-order valence-corrected chi connectivity index (χ3v) is 3.23. The third-order valence-electron chi connectivity index (χ3n) is 3.23. The van der Waals surface area contributed by atoms with Crippen LogP contribution in [0.25, 0.3) is 0 Å². The van der Waals surface area contributed by atoms with E-state index in [2.05, 4.69) is 16.5 Å². The highest BCUT2D eigenvalue weighted by Gasteiger charge is 2.40. The van der Waals surface area contributed by atoms with Crippen LogP contribution in [0.3, 0.4) is 0 Å². The minimum Gasteiger partial charge on any atom is -0.360 e. The number of nitrogens with zero attached hydrogens (tertiary/aromatic N) is 2. The molecule has 5 heteroatoms. The summed E-state index contributed by atoms with van der Waals surface area (Å²) in [4.78, 5) is 12.1. The molecule has 1 N–H and O–H groups in total. The Bertz CT molecular complexity index is 453. The lowest BCUT2D eigenvalue weighted by molar-refractivity contribution is -0.124. The van der Waals surface area contributed by atoms with E-state index in [9.17, 15) is 10.1 Å². The number of carbonyl (C=O) groups is 1. The molecule has 1 aromatic heterocycles. The van der Waals surface area contributed by atoms with Crippen molar-refractivity contribution in [3.63, 3.8) is 0 Å². The van der Waals surface area contributed by atoms with Crippen molar-refractivity contribution in [3.8, 4) is 6.07 Å². The van der Waals surface area contributed by atoms with Crippen LogP contribution in [0.5, 0.6) is 0 Å². The van der Waals surface area contributed by atoms with Crippen molar-refractivity contribution in [3.05, 3.63) is 11.8 Å². The maximum Gasteiger partial charge on any atom is 0.246 e. The number of anilines is 1. The van der Waals surface area contributed by atoms with Crippen LogP contribution in [0.15, 0.2) is 10.6 Å². The molecular weight excluding hydrogens is 218 g/mol. The largest absolute Gasteiger partial charge is 0.360 e. The highest BCUT2D eigenvalue weighted by Crippen LogP contribution is 2.36. The number of hydrogen-bond acceptors (Lipinski definition) is 4. The number of hydrogen-bond donors (Lipinski definition) is 1. The van der Waals surface area contributed by atoms with Crippen molar-refractivity contribution in [2.24, 2.45) is 5.41 Å². The highest BCUT2D eigenvalue weighted by molar-refractivity contribution is 5.96. The van der Waals surface area contributed by atoms with Gasteiger partial charge in [0.15, 0.2) is 5.82 Å². The molecule has 1 aliphatic rings. The molecule has 0 unspecified atom stereocenters. The number of aromatic nitrogens is 1. The maximum absolute atomic E-state index is 12.1. The molecule has 2 rings (SSSR count). The average Bonchev–Trinajstić information content (AvgIpc) is 2.75. The summed E-state index contributed by atoms with van der Waals surface area (Å²) >= 11 is 0. The normalized spacial score (nSPS) is 18.4. The minimum absolute atomic E-state index is 0.256. The molecule has 90 valence electrons. The Labute approximate surface area is 99.8 Å². The summed E-state index contributed by atoms with van der Waals surface area (Å²) in [5.74, 6) is 0.760. The molecule has 0 spiro atoms. The molecule has 17 heavy (non-hydrogen) atoms. The molecule has 0 bridgehead atoms. The van der Waals surface area contributed by atoms with Crippen molar-refractivity contribution < 1.29 is 9.32 Å². The van der Waals surface area contributed by atoms with Gasteiger partial charge >= 0.3 is 0 Å². The molecule has 1 heterocycles. The van der Waals surface area contributed by atoms with Gasteiger partial charge in [0.05, 0.1) is 6.07 Å². The van der Waals surface area contributed by atoms with Crippen molar-refractivity contribution >= 4 is 11.7 Å². The van der Waals surface area contributed by atoms with Gasteiger partial charge in [-0.25, -0.2) is 0 Å². The van der Waals surface area contributed by atoms with Crippen LogP contribution in [-0.4, -0.2) is 11.1 Å². The number of carbonyl (C=O) groups excluding carboxylic acids is 1. The Kier molecular flexibility index (Phi) is 3.14. The fraction of sp³-hybridized carbons (Fsp3) is 0.583. The molecule has 0 radical (unpaired) electrons. The van der Waals surface area contributed by atoms with Crippen molar-refractivity contribution in [2.45, 2.75) is 39.0 Å². The van der Waals surface area contributed by atoms with Crippen LogP contribution in [0, 0.1) is 23.7 Å². The first-order valence-electron chi connectivity index (χ1n) is 5.82. The molecule has 1 saturated carbocycles. The van der Waals surface area contributed by atoms with E-state index in [0.717, 1.165) is 19.3 Å². The summed E-state index contributed by atoms with van der Waals surface area (Å²) in [6.07, 6.45) is 4.22. The second-order valence-electron chi connectivity index (χ2n) is 4.53. The SMILES string of the molecule is Cc1cc(NC(=O)C2(C#N)CCCCC2)no1. The Hall–Kier alpha value is -1.83. The first-order valence-corrected chi connectivity index (χ1v) is 5.82. The van der Waals surface area contributed by atoms with Gasteiger partial charge in [-0.05, 0) is 19.8 Å². The van der Waals surface area contributed by atoms with E-state index < -0.39 is 5.41 Å². The van der Waals surface area contributed by atoms with E-state index in [4.69, 9.17) is 4.52 Å². The predicted molar refractivity (Wildman–Crippen MR) is 61.0 cm³/mol. The van der Waals surface area contributed by atoms with E-state index in [1.165, 1.54) is 0 Å². The molecule has 5 nitrogen and oxygen atoms in total. The second kappa shape index (κ2) is 4.58. The van der Waals surface area contributed by atoms with Crippen LogP contribution in [0.1, 0.15) is 37.9 Å². The monoisotopic (exact) mass is 233 g/mol. The van der Waals surface area contributed by atoms with Crippen LogP contribution in [0.2, 0.25) is 0 Å². The molecule has 0 aromatic carbocycles. The number of aryl methyl sites for hydroxylation is 1. The zero-order chi connectivity index (χ0) is 12.3. The fourth-order valence-electron chi connectivity index (χ4n) is 2.21. The zero-order valence-corrected chi connectivity index (χ0v) is 9.82. The smallest absolute Gasteiger partial charge is 0.246 e. The van der Waals surface area contributed by atoms with Gasteiger partial charge < -0.3 is 9.84 Å². The van der Waals surface area contributed by atoms with Gasteiger partial charge in [-0.1, -0.05) is 24.4 Å². The molecule has 1 fully saturated rings. The van der Waals surface area contributed by atoms with Gasteiger partial charge in [0.1, 0.15) is 11.2 Å². The molecule has 1 aliphatic carbocycles. The van der Waals surface area contributed by atoms with Gasteiger partial charge in [-0.15, -0.1) is 0 Å². The van der Waals surface area contributed by atoms with Crippen molar-refractivity contribution in [1.29, 1.82) is 5.26 Å². The molecule has 1 aromatic rings. The molecule has 0 atom stereocenters. The standard InChI is InChI=1S/C12H15N3O2/c1-9-7-10(15-17-9)14-11(16)12(8-13)5-3-2-4-6-12/h7H,2-6H2,1H3,(H,14,15,16). The van der Waals surface area contributed by atoms with Crippen LogP contribution < -0.4 is 5.32 Å². The number of rotatable bonds is 2. The van der Waals surface area contributed by atoms with Crippen molar-refractivity contribution in [2.75, 3.05) is 5.32 Å². The van der Waals surface area contributed by atoms with Crippen molar-refractivity contribution in [1.82, 2.24) is 5.16 Å². The zero-order valence-electron chi connectivity index (χ0n) is 9.82. The Morgan fingerprint density at radius 3 is 2.76 bits per heavy atom. The van der Waals surface area contributed by atoms with E-state index >= 15 is 0 Å². The predicted octanol–water partition coefficient (Wildman–Crippen LogP) is 2.40. The summed E-state index contributed by atoms with van der Waals surface area (Å²) in [5, 5.41) is 15.6. The van der Waals surface area contributed by atoms with Crippen LogP contribution in [-0.2, 0) is 4.79 Å². The van der Waals surface area contributed by atoms with E-state index in [-0.39, 0.29) is 5.91 Å². The quantitative estimate of drug-likeness (QED) is 0.850. The molecule has 0 saturated heterocycles. The number of nitrogens with one attached hydrogen (secondary N) is 1. The van der Waals surface area contributed by atoms with E-state index in [1.54, 1.807) is 13.0 Å². The lowest BCUT2D eigenvalue weighted by Gasteiger charge is -2.28. The second-order valence-corrected chi connectivity index (χ2v) is 4.53. The Morgan fingerprint density at radius 1 is 1.53 bits per heavy atom. The van der Waals surface area contributed by atoms with E-state index in [1.807, 2.05) is 0 Å². The lowest BCUT2D eigenvalue weighted by Crippen LogP contribution is -2.36. The summed E-state index contributed by atoms with van der Waals surface area (Å²) in [7, 11) is 0. The molecule has 0 aliphatic heterocycles. The van der Waals surface area contributed by atoms with Crippen LogP contribution in [0.4, 0.5) is 5.82 Å².